The van der Waals surface area contributed by atoms with Crippen molar-refractivity contribution >= 4 is 23.3 Å². The van der Waals surface area contributed by atoms with Crippen LogP contribution in [0.25, 0.3) is 11.1 Å². The van der Waals surface area contributed by atoms with E-state index < -0.39 is 59.8 Å². The summed E-state index contributed by atoms with van der Waals surface area (Å²) < 4.78 is 56.0. The maximum Gasteiger partial charge on any atom is 0.335 e. The van der Waals surface area contributed by atoms with E-state index in [2.05, 4.69) is 10.6 Å². The van der Waals surface area contributed by atoms with Crippen molar-refractivity contribution < 1.29 is 24.6 Å². The fraction of sp³-hybridized carbons (Fsp3) is 0.174. The van der Waals surface area contributed by atoms with Crippen LogP contribution in [0, 0.1) is 0 Å². The van der Waals surface area contributed by atoms with Crippen LogP contribution in [-0.2, 0) is 0 Å². The molecule has 6 heteroatoms. The van der Waals surface area contributed by atoms with Gasteiger partial charge in [0.1, 0.15) is 0 Å². The van der Waals surface area contributed by atoms with E-state index in [0.717, 1.165) is 0 Å². The molecule has 0 radical (unpaired) electrons. The summed E-state index contributed by atoms with van der Waals surface area (Å²) in [4.78, 5) is 11.2. The summed E-state index contributed by atoms with van der Waals surface area (Å²) in [6, 6.07) is 10.6. The molecular weight excluding hydrogens is 388 g/mol. The van der Waals surface area contributed by atoms with Crippen LogP contribution in [0.1, 0.15) is 31.6 Å². The Bertz CT molecular complexity index is 1280. The van der Waals surface area contributed by atoms with Crippen molar-refractivity contribution in [3.8, 4) is 11.1 Å². The number of carbonyl (C=O) groups is 1. The first kappa shape index (κ1) is 13.4. The Morgan fingerprint density at radius 2 is 1.97 bits per heavy atom. The van der Waals surface area contributed by atoms with Crippen LogP contribution in [-0.4, -0.2) is 35.8 Å². The molecule has 29 heavy (non-hydrogen) atoms. The molecule has 0 aliphatic rings. The van der Waals surface area contributed by atoms with E-state index in [9.17, 15) is 15.0 Å². The summed E-state index contributed by atoms with van der Waals surface area (Å²) in [6.45, 7) is -3.03. The zero-order valence-corrected chi connectivity index (χ0v) is 16.0. The lowest BCUT2D eigenvalue weighted by Gasteiger charge is -2.13. The number of hydrogen-bond acceptors (Lipinski definition) is 4. The second kappa shape index (κ2) is 10.1. The fourth-order valence-corrected chi connectivity index (χ4v) is 2.69. The first-order valence-corrected chi connectivity index (χ1v) is 9.03. The number of hydrogen-bond donors (Lipinski definition) is 4. The van der Waals surface area contributed by atoms with E-state index in [4.69, 9.17) is 21.2 Å². The lowest BCUT2D eigenvalue weighted by Crippen LogP contribution is -2.26. The molecule has 0 unspecified atom stereocenters. The summed E-state index contributed by atoms with van der Waals surface area (Å²) in [6.07, 6.45) is -2.58. The molecule has 0 saturated carbocycles. The van der Waals surface area contributed by atoms with Crippen LogP contribution in [0.15, 0.2) is 72.7 Å². The largest absolute Gasteiger partial charge is 0.478 e. The molecule has 0 saturated heterocycles. The number of anilines is 1. The second-order valence-corrected chi connectivity index (χ2v) is 6.39. The molecule has 0 spiro atoms. The maximum atomic E-state index is 11.2. The van der Waals surface area contributed by atoms with E-state index in [1.54, 1.807) is 36.4 Å². The van der Waals surface area contributed by atoms with Crippen molar-refractivity contribution in [1.29, 1.82) is 0 Å². The number of carboxylic acids is 1. The van der Waals surface area contributed by atoms with E-state index in [1.165, 1.54) is 12.1 Å². The lowest BCUT2D eigenvalue weighted by molar-refractivity contribution is 0.0697. The first-order valence-electron chi connectivity index (χ1n) is 12.1. The Morgan fingerprint density at radius 3 is 2.76 bits per heavy atom. The molecule has 0 bridgehead atoms. The van der Waals surface area contributed by atoms with Gasteiger partial charge in [-0.1, -0.05) is 48.0 Å². The van der Waals surface area contributed by atoms with Crippen LogP contribution < -0.4 is 10.6 Å². The number of aromatic carboxylic acids is 1. The SMILES string of the molecule is [2H]c1c([2H])c(Cl)c([2H])c([C@]([2H])(O)CNCC([2H])([2H])Nc2cccc(-c3cccc(C(=O)O)c3)c2)c1[2H]. The number of nitrogens with one attached hydrogen (secondary N) is 2. The molecule has 3 aromatic rings. The third-order valence-corrected chi connectivity index (χ3v) is 4.12. The van der Waals surface area contributed by atoms with Crippen LogP contribution in [0.4, 0.5) is 5.69 Å². The van der Waals surface area contributed by atoms with Crippen molar-refractivity contribution in [3.05, 3.63) is 88.9 Å². The summed E-state index contributed by atoms with van der Waals surface area (Å²) in [5, 5.41) is 24.6. The molecule has 5 nitrogen and oxygen atoms in total. The van der Waals surface area contributed by atoms with Gasteiger partial charge in [0, 0.05) is 30.3 Å². The van der Waals surface area contributed by atoms with Gasteiger partial charge in [-0.05, 0) is 53.0 Å². The number of rotatable bonds is 9. The highest BCUT2D eigenvalue weighted by atomic mass is 35.5. The zero-order valence-electron chi connectivity index (χ0n) is 22.2. The lowest BCUT2D eigenvalue weighted by atomic mass is 10.0. The van der Waals surface area contributed by atoms with E-state index in [0.29, 0.717) is 16.8 Å². The zero-order chi connectivity index (χ0) is 26.8. The quantitative estimate of drug-likeness (QED) is 0.414. The van der Waals surface area contributed by atoms with Crippen molar-refractivity contribution in [1.82, 2.24) is 5.32 Å². The second-order valence-electron chi connectivity index (χ2n) is 6.01. The van der Waals surface area contributed by atoms with Gasteiger partial charge >= 0.3 is 5.97 Å². The highest BCUT2D eigenvalue weighted by molar-refractivity contribution is 6.30. The topological polar surface area (TPSA) is 81.6 Å². The Balaban J connectivity index is 1.71. The number of benzene rings is 3. The predicted molar refractivity (Wildman–Crippen MR) is 117 cm³/mol. The van der Waals surface area contributed by atoms with Gasteiger partial charge in [-0.25, -0.2) is 4.79 Å². The Hall–Kier alpha value is -2.86. The average molecular weight is 418 g/mol. The monoisotopic (exact) mass is 417 g/mol. The number of aliphatic hydroxyl groups is 1. The average Bonchev–Trinajstić information content (AvgIpc) is 2.81. The number of halogens is 1. The van der Waals surface area contributed by atoms with Gasteiger partial charge in [0.05, 0.1) is 21.2 Å². The van der Waals surface area contributed by atoms with E-state index in [-0.39, 0.29) is 12.1 Å². The van der Waals surface area contributed by atoms with Crippen LogP contribution in [0.2, 0.25) is 5.02 Å². The van der Waals surface area contributed by atoms with E-state index in [1.807, 2.05) is 0 Å². The standard InChI is InChI=1S/C23H23ClN2O3/c24-20-8-2-6-18(13-20)22(27)15-25-10-11-26-21-9-3-5-17(14-21)16-4-1-7-19(12-16)23(28)29/h1-9,12-14,22,25-27H,10-11,15H2,(H,28,29)/t22-/m1/s1/i2D,6D,8D,11D2,13D,22D. The fourth-order valence-electron chi connectivity index (χ4n) is 2.55. The van der Waals surface area contributed by atoms with Gasteiger partial charge < -0.3 is 20.8 Å². The number of carboxylic acid groups (broad SMARTS) is 1. The predicted octanol–water partition coefficient (Wildman–Crippen LogP) is 4.44. The molecule has 150 valence electrons. The van der Waals surface area contributed by atoms with Crippen molar-refractivity contribution in [2.45, 2.75) is 6.08 Å². The minimum absolute atomic E-state index is 0.121. The Kier molecular flexibility index (Phi) is 4.65. The normalized spacial score (nSPS) is 16.8. The van der Waals surface area contributed by atoms with Crippen molar-refractivity contribution in [3.63, 3.8) is 0 Å². The molecular formula is C23H23ClN2O3. The van der Waals surface area contributed by atoms with E-state index >= 15 is 0 Å². The van der Waals surface area contributed by atoms with Gasteiger partial charge in [0.25, 0.3) is 0 Å². The molecule has 0 aliphatic heterocycles. The summed E-state index contributed by atoms with van der Waals surface area (Å²) in [5.74, 6) is -1.06. The van der Waals surface area contributed by atoms with Gasteiger partial charge in [-0.3, -0.25) is 0 Å². The smallest absolute Gasteiger partial charge is 0.335 e. The molecule has 0 heterocycles. The molecule has 0 fully saturated rings. The highest BCUT2D eigenvalue weighted by Crippen LogP contribution is 2.23. The van der Waals surface area contributed by atoms with Crippen LogP contribution in [0.3, 0.4) is 0 Å². The van der Waals surface area contributed by atoms with Gasteiger partial charge in [-0.2, -0.15) is 0 Å². The Labute approximate surface area is 184 Å². The van der Waals surface area contributed by atoms with Crippen LogP contribution in [0.5, 0.6) is 0 Å². The molecule has 0 amide bonds. The third-order valence-electron chi connectivity index (χ3n) is 3.93. The summed E-state index contributed by atoms with van der Waals surface area (Å²) >= 11 is 5.85. The maximum absolute atomic E-state index is 11.2. The van der Waals surface area contributed by atoms with Gasteiger partial charge in [0.15, 0.2) is 0 Å². The third kappa shape index (κ3) is 6.06. The first-order chi connectivity index (χ1) is 16.7. The minimum Gasteiger partial charge on any atom is -0.478 e. The molecule has 0 aromatic heterocycles. The minimum atomic E-state index is -2.58. The highest BCUT2D eigenvalue weighted by Gasteiger charge is 2.07. The Morgan fingerprint density at radius 1 is 1.21 bits per heavy atom. The molecule has 3 rings (SSSR count). The summed E-state index contributed by atoms with van der Waals surface area (Å²) in [5.41, 5.74) is 1.28. The molecule has 0 aliphatic carbocycles. The van der Waals surface area contributed by atoms with Crippen molar-refractivity contribution in [2.75, 3.05) is 24.9 Å². The van der Waals surface area contributed by atoms with Gasteiger partial charge in [-0.15, -0.1) is 0 Å². The molecule has 4 N–H and O–H groups in total. The van der Waals surface area contributed by atoms with Gasteiger partial charge in [0.2, 0.25) is 0 Å². The summed E-state index contributed by atoms with van der Waals surface area (Å²) in [7, 11) is 0. The van der Waals surface area contributed by atoms with Crippen LogP contribution >= 0.6 is 11.6 Å². The molecule has 3 aromatic carbocycles. The van der Waals surface area contributed by atoms with Crippen molar-refractivity contribution in [2.24, 2.45) is 0 Å². The molecule has 1 atom stereocenters.